The maximum Gasteiger partial charge on any atom is 2.00 e. The second kappa shape index (κ2) is 28.8. The van der Waals surface area contributed by atoms with Crippen LogP contribution in [0.15, 0.2) is 328 Å². The van der Waals surface area contributed by atoms with E-state index in [-0.39, 0.29) is 110 Å². The van der Waals surface area contributed by atoms with Gasteiger partial charge in [-0.05, 0) is 169 Å². The first-order valence-electron chi connectivity index (χ1n) is 49.5. The summed E-state index contributed by atoms with van der Waals surface area (Å²) in [5.41, 5.74) is 48.5. The smallest absolute Gasteiger partial charge is 0.350 e. The van der Waals surface area contributed by atoms with Crippen LogP contribution in [-0.2, 0) is 35.5 Å². The van der Waals surface area contributed by atoms with Gasteiger partial charge in [0.25, 0.3) is 0 Å². The van der Waals surface area contributed by atoms with Crippen LogP contribution in [0.1, 0.15) is 125 Å². The van der Waals surface area contributed by atoms with Gasteiger partial charge < -0.3 is 27.4 Å². The summed E-state index contributed by atoms with van der Waals surface area (Å²) in [5, 5.41) is 16.2. The zero-order valence-electron chi connectivity index (χ0n) is 75.8. The molecule has 36 rings (SSSR count). The quantitative estimate of drug-likeness (QED) is 0.158. The van der Waals surface area contributed by atoms with Crippen molar-refractivity contribution in [3.63, 3.8) is 0 Å². The van der Waals surface area contributed by atoms with Gasteiger partial charge in [-0.25, -0.2) is 33.4 Å². The topological polar surface area (TPSA) is 29.6 Å². The summed E-state index contributed by atoms with van der Waals surface area (Å²) < 4.78 is 15.7. The molecule has 3 saturated carbocycles. The number of hydrogen-bond acceptors (Lipinski definition) is 0. The molecule has 9 atom stereocenters. The maximum absolute atomic E-state index is 4.09. The molecule has 12 heterocycles. The van der Waals surface area contributed by atoms with Gasteiger partial charge in [0.1, 0.15) is 0 Å². The van der Waals surface area contributed by atoms with Crippen LogP contribution in [-0.4, -0.2) is 27.4 Å². The molecule has 9 heteroatoms. The van der Waals surface area contributed by atoms with Crippen LogP contribution in [0, 0.1) is 165 Å². The van der Waals surface area contributed by atoms with Crippen LogP contribution >= 0.6 is 0 Å². The Kier molecular flexibility index (Phi) is 16.9. The van der Waals surface area contributed by atoms with E-state index in [4.69, 9.17) is 0 Å². The third-order valence-electron chi connectivity index (χ3n) is 36.1. The van der Waals surface area contributed by atoms with Crippen LogP contribution < -0.4 is 0 Å². The fraction of sp³-hybridized carbons (Fsp3) is 0.163. The molecule has 24 aromatic rings. The van der Waals surface area contributed by atoms with Crippen molar-refractivity contribution in [1.29, 1.82) is 0 Å². The van der Waals surface area contributed by atoms with Crippen molar-refractivity contribution in [2.45, 2.75) is 93.3 Å². The van der Waals surface area contributed by atoms with Crippen LogP contribution in [0.5, 0.6) is 0 Å². The summed E-state index contributed by atoms with van der Waals surface area (Å²) >= 11 is 0. The minimum atomic E-state index is -0.230. The first-order valence-corrected chi connectivity index (χ1v) is 49.5. The molecule has 6 aliphatic carbocycles. The zero-order valence-corrected chi connectivity index (χ0v) is 88.3. The van der Waals surface area contributed by atoms with Gasteiger partial charge >= 0.3 is 93.3 Å². The summed E-state index contributed by atoms with van der Waals surface area (Å²) in [5.74, 6) is 3.59. The van der Waals surface area contributed by atoms with E-state index in [1.54, 1.807) is 0 Å². The molecule has 0 radical (unpaired) electrons. The van der Waals surface area contributed by atoms with Gasteiger partial charge in [0.15, 0.2) is 0 Å². The molecular formula is C129H84N6U3. The molecule has 642 valence electrons. The minimum Gasteiger partial charge on any atom is -0.350 e. The summed E-state index contributed by atoms with van der Waals surface area (Å²) in [4.78, 5) is 0. The molecule has 6 nitrogen and oxygen atoms in total. The molecule has 18 aromatic carbocycles. The standard InChI is InChI=1S/3C43H28N2.3U/c1-2-10-25(11-3-1)27-20-22-37-39-32(27)24-26-12-8-16-33(26)43(39)34-17-9-15-30-28-13-4-6-18-35(28)44(41(30)34)38-23-21-31-29-14-5-7-19-36(29)45(37)42(31)40(38)43;2*1-2-10-25(11-3-1)27-23-28-22-26-12-8-16-33(26)43-34-17-9-15-31-29-13-4-6-18-35(29)44(41(31)34)37-21-20-32-30-14-5-7-19-36(30)45(42(32)40(37)43)38(24-27)39(28)43;;;/h1-7,9-10,13-15,17-19,21-23,26,33H,8,12,16,24H2;1-7,9-10,13-15,17-21,24,26,33H,8,12,16,22H2;1-7,9-10,13-15,17-21,23,26,33H,8,12,16,22H2;;;/q3*-2;3*+2. The van der Waals surface area contributed by atoms with Crippen LogP contribution in [0.3, 0.4) is 0 Å². The third kappa shape index (κ3) is 9.59. The van der Waals surface area contributed by atoms with Crippen molar-refractivity contribution in [3.8, 4) is 67.5 Å². The van der Waals surface area contributed by atoms with E-state index >= 15 is 0 Å². The average Bonchev–Trinajstić information content (AvgIpc) is 1.43. The van der Waals surface area contributed by atoms with Gasteiger partial charge in [0.2, 0.25) is 0 Å². The minimum absolute atomic E-state index is 0. The normalized spacial score (nSPS) is 21.5. The van der Waals surface area contributed by atoms with Gasteiger partial charge in [-0.15, -0.1) is 35.4 Å². The van der Waals surface area contributed by atoms with Crippen LogP contribution in [0.4, 0.5) is 0 Å². The van der Waals surface area contributed by atoms with Crippen LogP contribution in [0.2, 0.25) is 0 Å². The van der Waals surface area contributed by atoms with E-state index in [0.29, 0.717) is 35.5 Å². The Labute approximate surface area is 869 Å². The number of para-hydroxylation sites is 9. The first-order chi connectivity index (χ1) is 67.0. The Morgan fingerprint density at radius 3 is 1.04 bits per heavy atom. The predicted molar refractivity (Wildman–Crippen MR) is 548 cm³/mol. The Hall–Kier alpha value is -12.1. The van der Waals surface area contributed by atoms with Crippen molar-refractivity contribution in [2.75, 3.05) is 0 Å². The molecule has 138 heavy (non-hydrogen) atoms. The molecule has 9 unspecified atom stereocenters. The van der Waals surface area contributed by atoms with E-state index < -0.39 is 0 Å². The summed E-state index contributed by atoms with van der Waals surface area (Å²) in [6.07, 6.45) is 15.0. The SMILES string of the molecule is [U+2].[U+2].[U+2].[c-]1ccccc1-c1[c-]c2c3c(c1)-n1c4ccccc4c4ccc5c(c41)C3(c1cccc3c4ccccc4n-5c13)C1CCCC1C2.[c-]1ccccc1-c1[c-]c2c3c(c1)CC1CCCC1C31c3cccc4c5ccccc5n(c34)-c3ccc4c5ccccc5n-2c4c31.[c-]1ccccc1-c1[c-]cc2c3c1CC1CCCC1C31c3cccc4c5ccccc5n(c34)-c3ccc4c5ccccc5n-2c4c31. The largest absolute Gasteiger partial charge is 2.00 e. The van der Waals surface area contributed by atoms with E-state index in [1.807, 2.05) is 12.1 Å². The number of benzene rings is 18. The van der Waals surface area contributed by atoms with Gasteiger partial charge in [-0.1, -0.05) is 231 Å². The number of aromatic nitrogens is 6. The summed E-state index contributed by atoms with van der Waals surface area (Å²) in [6, 6.07) is 146. The van der Waals surface area contributed by atoms with Gasteiger partial charge in [0, 0.05) is 103 Å². The Morgan fingerprint density at radius 2 is 0.601 bits per heavy atom. The molecule has 6 aliphatic heterocycles. The molecular weight excluding hydrogens is 2350 g/mol. The molecule has 0 saturated heterocycles. The van der Waals surface area contributed by atoms with E-state index in [0.717, 1.165) is 47.1 Å². The first kappa shape index (κ1) is 80.8. The van der Waals surface area contributed by atoms with Crippen LogP contribution in [0.25, 0.3) is 198 Å². The van der Waals surface area contributed by atoms with E-state index in [9.17, 15) is 0 Å². The number of rotatable bonds is 3. The summed E-state index contributed by atoms with van der Waals surface area (Å²) in [6.45, 7) is 0. The predicted octanol–water partition coefficient (Wildman–Crippen LogP) is 30.2. The fourth-order valence-electron chi connectivity index (χ4n) is 32.0. The molecule has 0 N–H and O–H groups in total. The Balaban J connectivity index is 0.0000000948. The van der Waals surface area contributed by atoms with Crippen molar-refractivity contribution in [1.82, 2.24) is 27.4 Å². The molecule has 6 aromatic heterocycles. The molecule has 0 amide bonds. The average molecular weight is 2430 g/mol. The molecule has 0 bridgehead atoms. The summed E-state index contributed by atoms with van der Waals surface area (Å²) in [7, 11) is 0. The Morgan fingerprint density at radius 1 is 0.246 bits per heavy atom. The van der Waals surface area contributed by atoms with Crippen molar-refractivity contribution in [2.24, 2.45) is 35.5 Å². The molecule has 3 spiro atoms. The molecule has 3 fully saturated rings. The van der Waals surface area contributed by atoms with E-state index in [1.165, 1.54) is 295 Å². The Bertz CT molecular complexity index is 9240. The number of hydrogen-bond donors (Lipinski definition) is 0. The van der Waals surface area contributed by atoms with Gasteiger partial charge in [-0.3, -0.25) is 0 Å². The monoisotopic (exact) mass is 2430 g/mol. The fourth-order valence-corrected chi connectivity index (χ4v) is 32.0. The molecule has 12 aliphatic rings. The maximum atomic E-state index is 4.09. The second-order valence-electron chi connectivity index (χ2n) is 41.3. The van der Waals surface area contributed by atoms with Crippen molar-refractivity contribution >= 4 is 131 Å². The van der Waals surface area contributed by atoms with Crippen molar-refractivity contribution < 1.29 is 93.3 Å². The number of fused-ring (bicyclic) bond motifs is 27. The van der Waals surface area contributed by atoms with E-state index in [2.05, 4.69) is 379 Å². The van der Waals surface area contributed by atoms with Crippen molar-refractivity contribution in [3.05, 3.63) is 431 Å². The number of nitrogens with zero attached hydrogens (tertiary/aromatic N) is 6. The van der Waals surface area contributed by atoms with Gasteiger partial charge in [-0.2, -0.15) is 109 Å². The zero-order chi connectivity index (χ0) is 87.1. The second-order valence-corrected chi connectivity index (χ2v) is 41.3. The van der Waals surface area contributed by atoms with Gasteiger partial charge in [0.05, 0.1) is 77.7 Å². The third-order valence-corrected chi connectivity index (χ3v) is 36.1.